The van der Waals surface area contributed by atoms with Crippen molar-refractivity contribution in [3.8, 4) is 6.07 Å². The van der Waals surface area contributed by atoms with Crippen LogP contribution in [0.25, 0.3) is 0 Å². The van der Waals surface area contributed by atoms with Gasteiger partial charge in [-0.3, -0.25) is 4.79 Å². The normalized spacial score (nSPS) is 13.7. The number of anilines is 1. The van der Waals surface area contributed by atoms with Gasteiger partial charge in [-0.1, -0.05) is 36.8 Å². The number of aryl methyl sites for hydroxylation is 2. The van der Waals surface area contributed by atoms with Crippen molar-refractivity contribution in [2.24, 2.45) is 0 Å². The van der Waals surface area contributed by atoms with E-state index in [1.165, 1.54) is 23.3 Å². The molecule has 1 heterocycles. The number of rotatable bonds is 4. The van der Waals surface area contributed by atoms with Crippen molar-refractivity contribution in [2.45, 2.75) is 44.9 Å². The van der Waals surface area contributed by atoms with Gasteiger partial charge >= 0.3 is 0 Å². The minimum absolute atomic E-state index is 0.0123. The van der Waals surface area contributed by atoms with Gasteiger partial charge in [0, 0.05) is 11.3 Å². The summed E-state index contributed by atoms with van der Waals surface area (Å²) in [6.07, 6.45) is 6.71. The highest BCUT2D eigenvalue weighted by molar-refractivity contribution is 7.16. The Bertz CT molecular complexity index is 728. The van der Waals surface area contributed by atoms with E-state index >= 15 is 0 Å². The van der Waals surface area contributed by atoms with E-state index in [1.807, 2.05) is 30.3 Å². The quantitative estimate of drug-likeness (QED) is 0.844. The van der Waals surface area contributed by atoms with Gasteiger partial charge in [0.1, 0.15) is 11.1 Å². The summed E-state index contributed by atoms with van der Waals surface area (Å²) >= 11 is 1.60. The predicted octanol–water partition coefficient (Wildman–Crippen LogP) is 4.46. The highest BCUT2D eigenvalue weighted by atomic mass is 32.1. The first-order valence-corrected chi connectivity index (χ1v) is 8.98. The number of hydrogen-bond acceptors (Lipinski definition) is 3. The third-order valence-electron chi connectivity index (χ3n) is 4.27. The smallest absolute Gasteiger partial charge is 0.225 e. The average Bonchev–Trinajstić information content (AvgIpc) is 2.74. The van der Waals surface area contributed by atoms with Crippen LogP contribution in [0.5, 0.6) is 0 Å². The van der Waals surface area contributed by atoms with Crippen molar-refractivity contribution in [2.75, 3.05) is 5.32 Å². The molecular weight excluding hydrogens is 304 g/mol. The van der Waals surface area contributed by atoms with Crippen molar-refractivity contribution in [3.63, 3.8) is 0 Å². The van der Waals surface area contributed by atoms with Crippen LogP contribution in [0.2, 0.25) is 0 Å². The van der Waals surface area contributed by atoms with Gasteiger partial charge in [0.15, 0.2) is 0 Å². The molecule has 0 unspecified atom stereocenters. The Hall–Kier alpha value is -2.12. The molecule has 1 aliphatic carbocycles. The molecule has 1 aliphatic rings. The van der Waals surface area contributed by atoms with Crippen LogP contribution in [-0.2, 0) is 24.1 Å². The number of fused-ring (bicyclic) bond motifs is 1. The lowest BCUT2D eigenvalue weighted by Gasteiger charge is -2.04. The molecule has 23 heavy (non-hydrogen) atoms. The molecule has 0 spiro atoms. The van der Waals surface area contributed by atoms with Crippen molar-refractivity contribution >= 4 is 22.2 Å². The van der Waals surface area contributed by atoms with Crippen LogP contribution in [0, 0.1) is 11.3 Å². The fourth-order valence-corrected chi connectivity index (χ4v) is 4.30. The van der Waals surface area contributed by atoms with Gasteiger partial charge in [0.2, 0.25) is 5.91 Å². The van der Waals surface area contributed by atoms with Crippen molar-refractivity contribution in [3.05, 3.63) is 51.9 Å². The van der Waals surface area contributed by atoms with E-state index in [2.05, 4.69) is 11.4 Å². The predicted molar refractivity (Wildman–Crippen MR) is 93.7 cm³/mol. The Labute approximate surface area is 141 Å². The summed E-state index contributed by atoms with van der Waals surface area (Å²) in [5, 5.41) is 13.2. The summed E-state index contributed by atoms with van der Waals surface area (Å²) in [6, 6.07) is 12.3. The molecule has 118 valence electrons. The number of nitrogens with zero attached hydrogens (tertiary/aromatic N) is 1. The highest BCUT2D eigenvalue weighted by Gasteiger charge is 2.20. The lowest BCUT2D eigenvalue weighted by molar-refractivity contribution is -0.116. The third kappa shape index (κ3) is 3.80. The van der Waals surface area contributed by atoms with Gasteiger partial charge in [-0.25, -0.2) is 0 Å². The van der Waals surface area contributed by atoms with Gasteiger partial charge < -0.3 is 5.32 Å². The molecule has 1 aromatic heterocycles. The summed E-state index contributed by atoms with van der Waals surface area (Å²) in [5.74, 6) is -0.0123. The highest BCUT2D eigenvalue weighted by Crippen LogP contribution is 2.37. The average molecular weight is 324 g/mol. The summed E-state index contributed by atoms with van der Waals surface area (Å²) in [6.45, 7) is 0. The fraction of sp³-hybridized carbons (Fsp3) is 0.368. The zero-order valence-electron chi connectivity index (χ0n) is 13.1. The molecule has 0 atom stereocenters. The number of nitrogens with one attached hydrogen (secondary N) is 1. The molecule has 4 heteroatoms. The summed E-state index contributed by atoms with van der Waals surface area (Å²) in [7, 11) is 0. The third-order valence-corrected chi connectivity index (χ3v) is 5.48. The van der Waals surface area contributed by atoms with Gasteiger partial charge in [0.05, 0.1) is 5.56 Å². The Balaban J connectivity index is 1.68. The van der Waals surface area contributed by atoms with Crippen LogP contribution in [0.4, 0.5) is 5.00 Å². The molecular formula is C19H20N2OS. The van der Waals surface area contributed by atoms with Crippen LogP contribution in [0.1, 0.15) is 47.3 Å². The number of benzene rings is 1. The summed E-state index contributed by atoms with van der Waals surface area (Å²) in [4.78, 5) is 13.5. The number of amides is 1. The Morgan fingerprint density at radius 1 is 1.17 bits per heavy atom. The number of thiophene rings is 1. The molecule has 1 amide bonds. The molecule has 0 aliphatic heterocycles. The molecule has 1 aromatic carbocycles. The maximum Gasteiger partial charge on any atom is 0.225 e. The van der Waals surface area contributed by atoms with E-state index in [0.29, 0.717) is 12.0 Å². The minimum Gasteiger partial charge on any atom is -0.317 e. The molecule has 0 radical (unpaired) electrons. The van der Waals surface area contributed by atoms with Gasteiger partial charge in [0.25, 0.3) is 0 Å². The molecule has 0 fully saturated rings. The largest absolute Gasteiger partial charge is 0.317 e. The van der Waals surface area contributed by atoms with E-state index in [-0.39, 0.29) is 5.91 Å². The number of nitriles is 1. The number of carbonyl (C=O) groups excluding carboxylic acids is 1. The SMILES string of the molecule is N#Cc1c(NC(=O)CCc2ccccc2)sc2c1CCCCC2. The van der Waals surface area contributed by atoms with Crippen molar-refractivity contribution in [1.82, 2.24) is 0 Å². The van der Waals surface area contributed by atoms with Crippen molar-refractivity contribution in [1.29, 1.82) is 5.26 Å². The second kappa shape index (κ2) is 7.43. The standard InChI is InChI=1S/C19H20N2OS/c20-13-16-15-9-5-2-6-10-17(15)23-19(16)21-18(22)12-11-14-7-3-1-4-8-14/h1,3-4,7-8H,2,5-6,9-12H2,(H,21,22). The summed E-state index contributed by atoms with van der Waals surface area (Å²) in [5.41, 5.74) is 3.03. The Morgan fingerprint density at radius 3 is 2.74 bits per heavy atom. The van der Waals surface area contributed by atoms with Gasteiger partial charge in [-0.05, 0) is 43.2 Å². The molecule has 2 aromatic rings. The van der Waals surface area contributed by atoms with E-state index in [4.69, 9.17) is 0 Å². The molecule has 3 rings (SSSR count). The first-order chi connectivity index (χ1) is 11.3. The monoisotopic (exact) mass is 324 g/mol. The van der Waals surface area contributed by atoms with Gasteiger partial charge in [-0.15, -0.1) is 11.3 Å². The second-order valence-corrected chi connectivity index (χ2v) is 7.02. The first-order valence-electron chi connectivity index (χ1n) is 8.16. The van der Waals surface area contributed by atoms with E-state index < -0.39 is 0 Å². The van der Waals surface area contributed by atoms with Crippen LogP contribution >= 0.6 is 11.3 Å². The number of carbonyl (C=O) groups is 1. The molecule has 0 saturated heterocycles. The minimum atomic E-state index is -0.0123. The zero-order chi connectivity index (χ0) is 16.1. The van der Waals surface area contributed by atoms with E-state index in [1.54, 1.807) is 11.3 Å². The molecule has 0 bridgehead atoms. The maximum absolute atomic E-state index is 12.2. The van der Waals surface area contributed by atoms with E-state index in [9.17, 15) is 10.1 Å². The van der Waals surface area contributed by atoms with Gasteiger partial charge in [-0.2, -0.15) is 5.26 Å². The lowest BCUT2D eigenvalue weighted by atomic mass is 10.1. The second-order valence-electron chi connectivity index (χ2n) is 5.91. The lowest BCUT2D eigenvalue weighted by Crippen LogP contribution is -2.12. The molecule has 3 nitrogen and oxygen atoms in total. The Kier molecular flexibility index (Phi) is 5.09. The van der Waals surface area contributed by atoms with Crippen LogP contribution in [0.15, 0.2) is 30.3 Å². The fourth-order valence-electron chi connectivity index (χ4n) is 3.04. The topological polar surface area (TPSA) is 52.9 Å². The van der Waals surface area contributed by atoms with Crippen LogP contribution in [-0.4, -0.2) is 5.91 Å². The summed E-state index contributed by atoms with van der Waals surface area (Å²) < 4.78 is 0. The maximum atomic E-state index is 12.2. The zero-order valence-corrected chi connectivity index (χ0v) is 13.9. The van der Waals surface area contributed by atoms with Crippen molar-refractivity contribution < 1.29 is 4.79 Å². The molecule has 1 N–H and O–H groups in total. The molecule has 0 saturated carbocycles. The first kappa shape index (κ1) is 15.8. The number of hydrogen-bond donors (Lipinski definition) is 1. The van der Waals surface area contributed by atoms with Crippen LogP contribution < -0.4 is 5.32 Å². The Morgan fingerprint density at radius 2 is 1.96 bits per heavy atom. The van der Waals surface area contributed by atoms with Crippen LogP contribution in [0.3, 0.4) is 0 Å². The van der Waals surface area contributed by atoms with E-state index in [0.717, 1.165) is 36.2 Å².